The summed E-state index contributed by atoms with van der Waals surface area (Å²) < 4.78 is 2.15. The predicted octanol–water partition coefficient (Wildman–Crippen LogP) is 2.68. The highest BCUT2D eigenvalue weighted by molar-refractivity contribution is 5.35. The average molecular weight is 253 g/mol. The second-order valence-corrected chi connectivity index (χ2v) is 4.48. The first kappa shape index (κ1) is 13.4. The van der Waals surface area contributed by atoms with Crippen LogP contribution < -0.4 is 5.32 Å². The van der Waals surface area contributed by atoms with Crippen molar-refractivity contribution in [2.24, 2.45) is 0 Å². The lowest BCUT2D eigenvalue weighted by Gasteiger charge is -2.13. The highest BCUT2D eigenvalue weighted by atomic mass is 15.1. The van der Waals surface area contributed by atoms with Crippen LogP contribution in [0.2, 0.25) is 0 Å². The van der Waals surface area contributed by atoms with Crippen molar-refractivity contribution in [3.63, 3.8) is 0 Å². The quantitative estimate of drug-likeness (QED) is 0.830. The molecule has 3 heteroatoms. The molecular weight excluding hydrogens is 234 g/mol. The summed E-state index contributed by atoms with van der Waals surface area (Å²) >= 11 is 0. The van der Waals surface area contributed by atoms with Crippen LogP contribution in [0.15, 0.2) is 36.5 Å². The van der Waals surface area contributed by atoms with E-state index >= 15 is 0 Å². The van der Waals surface area contributed by atoms with Crippen molar-refractivity contribution in [3.8, 4) is 18.0 Å². The molecule has 1 aromatic carbocycles. The first-order valence-corrected chi connectivity index (χ1v) is 6.54. The number of nitrogens with one attached hydrogen (secondary N) is 1. The minimum absolute atomic E-state index is 0.111. The van der Waals surface area contributed by atoms with E-state index in [0.29, 0.717) is 0 Å². The van der Waals surface area contributed by atoms with Crippen molar-refractivity contribution in [1.82, 2.24) is 14.9 Å². The molecule has 2 rings (SSSR count). The lowest BCUT2D eigenvalue weighted by Crippen LogP contribution is -2.27. The Morgan fingerprint density at radius 1 is 1.37 bits per heavy atom. The van der Waals surface area contributed by atoms with Crippen molar-refractivity contribution in [2.75, 3.05) is 0 Å². The maximum atomic E-state index is 5.47. The van der Waals surface area contributed by atoms with Crippen LogP contribution in [-0.4, -0.2) is 15.6 Å². The summed E-state index contributed by atoms with van der Waals surface area (Å²) in [6.45, 7) is 4.81. The van der Waals surface area contributed by atoms with Crippen molar-refractivity contribution >= 4 is 0 Å². The van der Waals surface area contributed by atoms with Crippen LogP contribution in [0.25, 0.3) is 5.69 Å². The molecule has 0 aliphatic rings. The normalized spacial score (nSPS) is 12.1. The van der Waals surface area contributed by atoms with Crippen LogP contribution in [0, 0.1) is 19.3 Å². The number of terminal acetylenes is 1. The van der Waals surface area contributed by atoms with Gasteiger partial charge >= 0.3 is 0 Å². The first-order valence-electron chi connectivity index (χ1n) is 6.54. The third-order valence-corrected chi connectivity index (χ3v) is 3.16. The molecule has 0 amide bonds. The Bertz CT molecular complexity index is 563. The number of nitrogens with zero attached hydrogens (tertiary/aromatic N) is 2. The van der Waals surface area contributed by atoms with E-state index in [-0.39, 0.29) is 6.04 Å². The van der Waals surface area contributed by atoms with E-state index in [1.54, 1.807) is 0 Å². The van der Waals surface area contributed by atoms with E-state index in [9.17, 15) is 0 Å². The van der Waals surface area contributed by atoms with Gasteiger partial charge in [0.2, 0.25) is 0 Å². The van der Waals surface area contributed by atoms with Gasteiger partial charge in [0.05, 0.1) is 17.9 Å². The molecule has 98 valence electrons. The monoisotopic (exact) mass is 253 g/mol. The van der Waals surface area contributed by atoms with E-state index in [4.69, 9.17) is 6.42 Å². The number of rotatable bonds is 5. The summed E-state index contributed by atoms with van der Waals surface area (Å²) in [7, 11) is 0. The maximum absolute atomic E-state index is 5.47. The molecule has 0 bridgehead atoms. The molecule has 0 fully saturated rings. The van der Waals surface area contributed by atoms with E-state index in [0.717, 1.165) is 30.2 Å². The maximum Gasteiger partial charge on any atom is 0.110 e. The Morgan fingerprint density at radius 3 is 2.74 bits per heavy atom. The van der Waals surface area contributed by atoms with Gasteiger partial charge in [-0.1, -0.05) is 31.0 Å². The lowest BCUT2D eigenvalue weighted by atomic mass is 10.2. The summed E-state index contributed by atoms with van der Waals surface area (Å²) in [5, 5.41) is 3.36. The zero-order valence-electron chi connectivity index (χ0n) is 11.4. The van der Waals surface area contributed by atoms with Crippen LogP contribution in [0.4, 0.5) is 0 Å². The van der Waals surface area contributed by atoms with E-state index in [2.05, 4.69) is 39.8 Å². The lowest BCUT2D eigenvalue weighted by molar-refractivity contribution is 0.580. The average Bonchev–Trinajstić information content (AvgIpc) is 2.82. The molecule has 0 radical (unpaired) electrons. The molecular formula is C16H19N3. The van der Waals surface area contributed by atoms with Crippen LogP contribution >= 0.6 is 0 Å². The second kappa shape index (κ2) is 6.21. The standard InChI is InChI=1S/C16H19N3/c1-4-14(5-2)18-12-16-11-17-13(3)19(16)15-9-7-6-8-10-15/h1,6-11,14,18H,5,12H2,2-3H3. The number of aromatic nitrogens is 2. The number of benzene rings is 1. The van der Waals surface area contributed by atoms with Gasteiger partial charge < -0.3 is 0 Å². The van der Waals surface area contributed by atoms with Gasteiger partial charge in [-0.2, -0.15) is 0 Å². The molecule has 0 aliphatic carbocycles. The summed E-state index contributed by atoms with van der Waals surface area (Å²) in [4.78, 5) is 4.39. The van der Waals surface area contributed by atoms with Crippen LogP contribution in [0.1, 0.15) is 24.9 Å². The Hall–Kier alpha value is -2.05. The van der Waals surface area contributed by atoms with Gasteiger partial charge in [-0.25, -0.2) is 4.98 Å². The van der Waals surface area contributed by atoms with Gasteiger partial charge in [-0.3, -0.25) is 9.88 Å². The Labute approximate surface area is 114 Å². The Kier molecular flexibility index (Phi) is 4.38. The fourth-order valence-electron chi connectivity index (χ4n) is 2.09. The van der Waals surface area contributed by atoms with E-state index in [1.807, 2.05) is 31.3 Å². The Balaban J connectivity index is 2.22. The Morgan fingerprint density at radius 2 is 2.11 bits per heavy atom. The fourth-order valence-corrected chi connectivity index (χ4v) is 2.09. The molecule has 0 aliphatic heterocycles. The SMILES string of the molecule is C#CC(CC)NCc1cnc(C)n1-c1ccccc1. The van der Waals surface area contributed by atoms with Crippen molar-refractivity contribution in [1.29, 1.82) is 0 Å². The topological polar surface area (TPSA) is 29.9 Å². The molecule has 0 saturated carbocycles. The smallest absolute Gasteiger partial charge is 0.110 e. The minimum Gasteiger partial charge on any atom is -0.300 e. The molecule has 1 atom stereocenters. The summed E-state index contributed by atoms with van der Waals surface area (Å²) in [6, 6.07) is 10.3. The second-order valence-electron chi connectivity index (χ2n) is 4.48. The van der Waals surface area contributed by atoms with Crippen LogP contribution in [0.3, 0.4) is 0 Å². The van der Waals surface area contributed by atoms with E-state index < -0.39 is 0 Å². The van der Waals surface area contributed by atoms with Crippen LogP contribution in [-0.2, 0) is 6.54 Å². The molecule has 0 saturated heterocycles. The molecule has 2 aromatic rings. The summed E-state index contributed by atoms with van der Waals surface area (Å²) in [5.74, 6) is 3.73. The summed E-state index contributed by atoms with van der Waals surface area (Å²) in [5.41, 5.74) is 2.25. The van der Waals surface area contributed by atoms with Gasteiger partial charge in [-0.05, 0) is 25.5 Å². The van der Waals surface area contributed by atoms with Gasteiger partial charge in [0.15, 0.2) is 0 Å². The molecule has 1 N–H and O–H groups in total. The highest BCUT2D eigenvalue weighted by Gasteiger charge is 2.09. The predicted molar refractivity (Wildman–Crippen MR) is 78.1 cm³/mol. The van der Waals surface area contributed by atoms with Crippen molar-refractivity contribution in [2.45, 2.75) is 32.9 Å². The van der Waals surface area contributed by atoms with Gasteiger partial charge in [0, 0.05) is 12.2 Å². The van der Waals surface area contributed by atoms with Gasteiger partial charge in [0.1, 0.15) is 5.82 Å². The first-order chi connectivity index (χ1) is 9.26. The summed E-state index contributed by atoms with van der Waals surface area (Å²) in [6.07, 6.45) is 8.29. The number of para-hydroxylation sites is 1. The number of hydrogen-bond acceptors (Lipinski definition) is 2. The minimum atomic E-state index is 0.111. The molecule has 1 unspecified atom stereocenters. The fraction of sp³-hybridized carbons (Fsp3) is 0.312. The highest BCUT2D eigenvalue weighted by Crippen LogP contribution is 2.14. The van der Waals surface area contributed by atoms with Crippen LogP contribution in [0.5, 0.6) is 0 Å². The van der Waals surface area contributed by atoms with E-state index in [1.165, 1.54) is 0 Å². The molecule has 1 heterocycles. The number of hydrogen-bond donors (Lipinski definition) is 1. The third kappa shape index (κ3) is 3.04. The molecule has 0 spiro atoms. The third-order valence-electron chi connectivity index (χ3n) is 3.16. The molecule has 3 nitrogen and oxygen atoms in total. The zero-order valence-corrected chi connectivity index (χ0v) is 11.4. The largest absolute Gasteiger partial charge is 0.300 e. The van der Waals surface area contributed by atoms with Crippen molar-refractivity contribution in [3.05, 3.63) is 48.0 Å². The molecule has 19 heavy (non-hydrogen) atoms. The van der Waals surface area contributed by atoms with Gasteiger partial charge in [-0.15, -0.1) is 6.42 Å². The van der Waals surface area contributed by atoms with Crippen molar-refractivity contribution < 1.29 is 0 Å². The number of imidazole rings is 1. The molecule has 1 aromatic heterocycles. The zero-order chi connectivity index (χ0) is 13.7. The number of aryl methyl sites for hydroxylation is 1. The van der Waals surface area contributed by atoms with Gasteiger partial charge in [0.25, 0.3) is 0 Å².